The molecule has 7 aromatic rings. The molecule has 0 unspecified atom stereocenters. The molecule has 184 valence electrons. The summed E-state index contributed by atoms with van der Waals surface area (Å²) < 4.78 is 0. The largest absolute Gasteiger partial charge is 0.0622 e. The predicted molar refractivity (Wildman–Crippen MR) is 167 cm³/mol. The zero-order valence-electron chi connectivity index (χ0n) is 22.2. The maximum absolute atomic E-state index is 2.49. The summed E-state index contributed by atoms with van der Waals surface area (Å²) in [5.41, 5.74) is 10.7. The van der Waals surface area contributed by atoms with Crippen molar-refractivity contribution in [3.05, 3.63) is 145 Å². The topological polar surface area (TPSA) is 0 Å². The van der Waals surface area contributed by atoms with E-state index in [0.29, 0.717) is 0 Å². The first-order chi connectivity index (χ1) is 19.1. The van der Waals surface area contributed by atoms with E-state index in [1.165, 1.54) is 76.8 Å². The Bertz CT molecular complexity index is 2020. The molecule has 0 nitrogen and oxygen atoms in total. The fourth-order valence-electron chi connectivity index (χ4n) is 7.20. The molecule has 39 heavy (non-hydrogen) atoms. The van der Waals surface area contributed by atoms with Crippen LogP contribution < -0.4 is 0 Å². The summed E-state index contributed by atoms with van der Waals surface area (Å²) in [7, 11) is 0. The highest BCUT2D eigenvalue weighted by atomic mass is 14.4. The lowest BCUT2D eigenvalue weighted by Crippen LogP contribution is -2.15. The van der Waals surface area contributed by atoms with E-state index < -0.39 is 0 Å². The number of fused-ring (bicyclic) bond motifs is 7. The standard InChI is InChI=1S/C39H28/c1-39(2)35-23-13-12-17-27(35)34-24-33(26-16-6-11-22-32(26)38(34)39)37-30-20-9-7-18-28(30)36(25-14-4-3-5-15-25)29-19-8-10-21-31(29)37/h3-24H,1-2H3. The van der Waals surface area contributed by atoms with Gasteiger partial charge in [0.1, 0.15) is 0 Å². The van der Waals surface area contributed by atoms with Crippen molar-refractivity contribution in [1.82, 2.24) is 0 Å². The van der Waals surface area contributed by atoms with Gasteiger partial charge >= 0.3 is 0 Å². The molecule has 0 bridgehead atoms. The average molecular weight is 497 g/mol. The van der Waals surface area contributed by atoms with Crippen molar-refractivity contribution < 1.29 is 0 Å². The van der Waals surface area contributed by atoms with E-state index >= 15 is 0 Å². The lowest BCUT2D eigenvalue weighted by Gasteiger charge is -2.25. The molecular formula is C39H28. The Morgan fingerprint density at radius 2 is 0.872 bits per heavy atom. The molecule has 0 N–H and O–H groups in total. The van der Waals surface area contributed by atoms with Gasteiger partial charge in [-0.3, -0.25) is 0 Å². The maximum Gasteiger partial charge on any atom is 0.0165 e. The Balaban J connectivity index is 1.58. The third-order valence-corrected chi connectivity index (χ3v) is 8.82. The lowest BCUT2D eigenvalue weighted by molar-refractivity contribution is 0.666. The number of hydrogen-bond acceptors (Lipinski definition) is 0. The van der Waals surface area contributed by atoms with E-state index in [2.05, 4.69) is 147 Å². The Kier molecular flexibility index (Phi) is 4.67. The van der Waals surface area contributed by atoms with Gasteiger partial charge < -0.3 is 0 Å². The van der Waals surface area contributed by atoms with Gasteiger partial charge in [-0.25, -0.2) is 0 Å². The van der Waals surface area contributed by atoms with Crippen molar-refractivity contribution >= 4 is 32.3 Å². The summed E-state index contributed by atoms with van der Waals surface area (Å²) in [6, 6.07) is 49.2. The average Bonchev–Trinajstić information content (AvgIpc) is 3.22. The Hall–Kier alpha value is -4.68. The molecule has 8 rings (SSSR count). The van der Waals surface area contributed by atoms with E-state index in [9.17, 15) is 0 Å². The molecule has 0 atom stereocenters. The molecule has 0 aliphatic heterocycles. The summed E-state index contributed by atoms with van der Waals surface area (Å²) in [4.78, 5) is 0. The third kappa shape index (κ3) is 3.06. The van der Waals surface area contributed by atoms with Crippen LogP contribution >= 0.6 is 0 Å². The molecule has 0 fully saturated rings. The van der Waals surface area contributed by atoms with Crippen molar-refractivity contribution in [3.8, 4) is 33.4 Å². The maximum atomic E-state index is 2.49. The second kappa shape index (κ2) is 8.16. The summed E-state index contributed by atoms with van der Waals surface area (Å²) in [5, 5.41) is 7.85. The highest BCUT2D eigenvalue weighted by molar-refractivity contribution is 6.24. The predicted octanol–water partition coefficient (Wildman–Crippen LogP) is 10.8. The molecule has 0 heteroatoms. The summed E-state index contributed by atoms with van der Waals surface area (Å²) >= 11 is 0. The van der Waals surface area contributed by atoms with Crippen molar-refractivity contribution in [1.29, 1.82) is 0 Å². The molecule has 0 aromatic heterocycles. The fourth-order valence-corrected chi connectivity index (χ4v) is 7.20. The Morgan fingerprint density at radius 3 is 1.51 bits per heavy atom. The molecule has 0 amide bonds. The first kappa shape index (κ1) is 22.3. The lowest BCUT2D eigenvalue weighted by atomic mass is 9.78. The molecule has 1 aliphatic rings. The van der Waals surface area contributed by atoms with Crippen LogP contribution in [0.1, 0.15) is 25.0 Å². The molecule has 0 radical (unpaired) electrons. The van der Waals surface area contributed by atoms with Gasteiger partial charge in [0.25, 0.3) is 0 Å². The molecule has 0 spiro atoms. The van der Waals surface area contributed by atoms with Gasteiger partial charge in [-0.05, 0) is 82.9 Å². The second-order valence-corrected chi connectivity index (χ2v) is 11.3. The van der Waals surface area contributed by atoms with Crippen molar-refractivity contribution in [2.75, 3.05) is 0 Å². The zero-order valence-corrected chi connectivity index (χ0v) is 22.2. The van der Waals surface area contributed by atoms with E-state index in [-0.39, 0.29) is 5.41 Å². The molecular weight excluding hydrogens is 468 g/mol. The third-order valence-electron chi connectivity index (χ3n) is 8.82. The van der Waals surface area contributed by atoms with Crippen LogP contribution in [0.2, 0.25) is 0 Å². The molecule has 0 heterocycles. The number of hydrogen-bond donors (Lipinski definition) is 0. The monoisotopic (exact) mass is 496 g/mol. The summed E-state index contributed by atoms with van der Waals surface area (Å²) in [5.74, 6) is 0. The summed E-state index contributed by atoms with van der Waals surface area (Å²) in [6.07, 6.45) is 0. The van der Waals surface area contributed by atoms with Crippen LogP contribution in [0.5, 0.6) is 0 Å². The quantitative estimate of drug-likeness (QED) is 0.209. The van der Waals surface area contributed by atoms with Gasteiger partial charge in [0.15, 0.2) is 0 Å². The van der Waals surface area contributed by atoms with E-state index in [1.54, 1.807) is 0 Å². The first-order valence-electron chi connectivity index (χ1n) is 13.8. The van der Waals surface area contributed by atoms with Gasteiger partial charge in [-0.15, -0.1) is 0 Å². The SMILES string of the molecule is CC1(C)c2ccccc2-c2cc(-c3c4ccccc4c(-c4ccccc4)c4ccccc34)c3ccccc3c21. The normalized spacial score (nSPS) is 13.6. The Labute approximate surface area is 229 Å². The molecule has 0 saturated heterocycles. The minimum absolute atomic E-state index is 0.0502. The van der Waals surface area contributed by atoms with Gasteiger partial charge in [0, 0.05) is 5.41 Å². The van der Waals surface area contributed by atoms with Gasteiger partial charge in [-0.2, -0.15) is 0 Å². The molecule has 0 saturated carbocycles. The van der Waals surface area contributed by atoms with Crippen LogP contribution in [0.3, 0.4) is 0 Å². The minimum atomic E-state index is -0.0502. The highest BCUT2D eigenvalue weighted by Gasteiger charge is 2.37. The van der Waals surface area contributed by atoms with Crippen LogP contribution in [0, 0.1) is 0 Å². The molecule has 7 aromatic carbocycles. The van der Waals surface area contributed by atoms with Crippen molar-refractivity contribution in [2.45, 2.75) is 19.3 Å². The van der Waals surface area contributed by atoms with Crippen LogP contribution in [-0.4, -0.2) is 0 Å². The smallest absolute Gasteiger partial charge is 0.0165 e. The first-order valence-corrected chi connectivity index (χ1v) is 13.8. The minimum Gasteiger partial charge on any atom is -0.0622 e. The van der Waals surface area contributed by atoms with Crippen LogP contribution in [0.15, 0.2) is 133 Å². The number of benzene rings is 7. The van der Waals surface area contributed by atoms with Crippen LogP contribution in [0.25, 0.3) is 65.7 Å². The molecule has 1 aliphatic carbocycles. The van der Waals surface area contributed by atoms with Crippen molar-refractivity contribution in [3.63, 3.8) is 0 Å². The number of rotatable bonds is 2. The highest BCUT2D eigenvalue weighted by Crippen LogP contribution is 2.54. The van der Waals surface area contributed by atoms with Gasteiger partial charge in [0.2, 0.25) is 0 Å². The van der Waals surface area contributed by atoms with Gasteiger partial charge in [0.05, 0.1) is 0 Å². The van der Waals surface area contributed by atoms with E-state index in [1.807, 2.05) is 0 Å². The van der Waals surface area contributed by atoms with E-state index in [0.717, 1.165) is 0 Å². The van der Waals surface area contributed by atoms with E-state index in [4.69, 9.17) is 0 Å². The zero-order chi connectivity index (χ0) is 26.1. The van der Waals surface area contributed by atoms with Crippen LogP contribution in [0.4, 0.5) is 0 Å². The van der Waals surface area contributed by atoms with Gasteiger partial charge in [-0.1, -0.05) is 141 Å². The Morgan fingerprint density at radius 1 is 0.385 bits per heavy atom. The second-order valence-electron chi connectivity index (χ2n) is 11.3. The fraction of sp³-hybridized carbons (Fsp3) is 0.0769. The van der Waals surface area contributed by atoms with Crippen LogP contribution in [-0.2, 0) is 5.41 Å². The van der Waals surface area contributed by atoms with Crippen molar-refractivity contribution in [2.24, 2.45) is 0 Å². The summed E-state index contributed by atoms with van der Waals surface area (Å²) in [6.45, 7) is 4.76.